The molecule has 1 heterocycles. The fourth-order valence-corrected chi connectivity index (χ4v) is 4.14. The molecule has 1 atom stereocenters. The van der Waals surface area contributed by atoms with Gasteiger partial charge in [-0.3, -0.25) is 0 Å². The molecule has 0 bridgehead atoms. The maximum atomic E-state index is 12.7. The van der Waals surface area contributed by atoms with Crippen LogP contribution in [-0.4, -0.2) is 18.1 Å². The SMILES string of the molecule is CC[C@@H](NC(=O)OCc1ccccc1)C(=O)Oc1cc2oc(=O)c3c(c2cc1Cl)CCCC3. The molecule has 3 aromatic rings. The molecule has 172 valence electrons. The molecule has 0 saturated carbocycles. The normalized spacial score (nSPS) is 13.8. The number of nitrogens with one attached hydrogen (secondary N) is 1. The summed E-state index contributed by atoms with van der Waals surface area (Å²) in [6.07, 6.45) is 2.96. The minimum atomic E-state index is -0.935. The molecule has 7 nitrogen and oxygen atoms in total. The van der Waals surface area contributed by atoms with Crippen molar-refractivity contribution in [3.63, 3.8) is 0 Å². The molecule has 1 aliphatic rings. The second-order valence-corrected chi connectivity index (χ2v) is 8.33. The number of alkyl carbamates (subject to hydrolysis) is 1. The molecule has 0 unspecified atom stereocenters. The summed E-state index contributed by atoms with van der Waals surface area (Å²) < 4.78 is 16.1. The third-order valence-corrected chi connectivity index (χ3v) is 5.98. The van der Waals surface area contributed by atoms with Gasteiger partial charge in [-0.1, -0.05) is 48.9 Å². The van der Waals surface area contributed by atoms with E-state index < -0.39 is 18.1 Å². The number of esters is 1. The molecule has 33 heavy (non-hydrogen) atoms. The molecule has 2 aromatic carbocycles. The lowest BCUT2D eigenvalue weighted by atomic mass is 9.91. The fraction of sp³-hybridized carbons (Fsp3) is 0.320. The standard InChI is InChI=1S/C25H24ClNO6/c1-2-20(27-25(30)31-14-15-8-4-3-5-9-15)24(29)33-22-13-21-18(12-19(22)26)16-10-6-7-11-17(16)23(28)32-21/h3-5,8-9,12-13,20H,2,6-7,10-11,14H2,1H3,(H,27,30)/t20-/m1/s1. The number of ether oxygens (including phenoxy) is 2. The number of hydrogen-bond donors (Lipinski definition) is 1. The third-order valence-electron chi connectivity index (χ3n) is 5.68. The zero-order chi connectivity index (χ0) is 23.4. The molecule has 0 saturated heterocycles. The van der Waals surface area contributed by atoms with Gasteiger partial charge in [-0.2, -0.15) is 0 Å². The average Bonchev–Trinajstić information content (AvgIpc) is 2.83. The van der Waals surface area contributed by atoms with E-state index in [1.807, 2.05) is 30.3 Å². The van der Waals surface area contributed by atoms with Crippen LogP contribution in [0.1, 0.15) is 42.9 Å². The van der Waals surface area contributed by atoms with Crippen LogP contribution in [0.25, 0.3) is 11.0 Å². The smallest absolute Gasteiger partial charge is 0.408 e. The van der Waals surface area contributed by atoms with Gasteiger partial charge in [0.2, 0.25) is 0 Å². The van der Waals surface area contributed by atoms with Crippen molar-refractivity contribution >= 4 is 34.6 Å². The van der Waals surface area contributed by atoms with Crippen LogP contribution in [-0.2, 0) is 29.0 Å². The van der Waals surface area contributed by atoms with Crippen molar-refractivity contribution in [2.75, 3.05) is 0 Å². The molecule has 1 aliphatic carbocycles. The summed E-state index contributed by atoms with van der Waals surface area (Å²) in [4.78, 5) is 37.2. The summed E-state index contributed by atoms with van der Waals surface area (Å²) in [5, 5.41) is 3.49. The lowest BCUT2D eigenvalue weighted by molar-refractivity contribution is -0.136. The first-order valence-electron chi connectivity index (χ1n) is 10.9. The van der Waals surface area contributed by atoms with E-state index in [-0.39, 0.29) is 29.4 Å². The van der Waals surface area contributed by atoms with Gasteiger partial charge in [-0.05, 0) is 49.3 Å². The Labute approximate surface area is 195 Å². The van der Waals surface area contributed by atoms with Gasteiger partial charge in [0.1, 0.15) is 18.2 Å². The van der Waals surface area contributed by atoms with E-state index in [2.05, 4.69) is 5.32 Å². The first-order chi connectivity index (χ1) is 16.0. The highest BCUT2D eigenvalue weighted by atomic mass is 35.5. The summed E-state index contributed by atoms with van der Waals surface area (Å²) in [5.74, 6) is -0.637. The van der Waals surface area contributed by atoms with Crippen LogP contribution in [0.4, 0.5) is 4.79 Å². The van der Waals surface area contributed by atoms with E-state index in [4.69, 9.17) is 25.5 Å². The van der Waals surface area contributed by atoms with Gasteiger partial charge in [0.25, 0.3) is 0 Å². The van der Waals surface area contributed by atoms with Gasteiger partial charge >= 0.3 is 17.7 Å². The van der Waals surface area contributed by atoms with Gasteiger partial charge in [0.05, 0.1) is 5.02 Å². The molecular weight excluding hydrogens is 446 g/mol. The van der Waals surface area contributed by atoms with Crippen molar-refractivity contribution in [2.45, 2.75) is 51.7 Å². The fourth-order valence-electron chi connectivity index (χ4n) is 3.94. The Morgan fingerprint density at radius 2 is 1.85 bits per heavy atom. The van der Waals surface area contributed by atoms with Gasteiger partial charge < -0.3 is 19.2 Å². The number of aryl methyl sites for hydroxylation is 1. The number of carbonyl (C=O) groups is 2. The number of amides is 1. The minimum absolute atomic E-state index is 0.0611. The monoisotopic (exact) mass is 469 g/mol. The Hall–Kier alpha value is -3.32. The highest BCUT2D eigenvalue weighted by Crippen LogP contribution is 2.34. The maximum Gasteiger partial charge on any atom is 0.408 e. The van der Waals surface area contributed by atoms with Crippen molar-refractivity contribution in [1.82, 2.24) is 5.32 Å². The predicted octanol–water partition coefficient (Wildman–Crippen LogP) is 4.94. The average molecular weight is 470 g/mol. The second-order valence-electron chi connectivity index (χ2n) is 7.92. The first kappa shape index (κ1) is 22.9. The van der Waals surface area contributed by atoms with E-state index in [1.165, 1.54) is 6.07 Å². The topological polar surface area (TPSA) is 94.8 Å². The van der Waals surface area contributed by atoms with Crippen molar-refractivity contribution < 1.29 is 23.5 Å². The lowest BCUT2D eigenvalue weighted by Crippen LogP contribution is -2.42. The van der Waals surface area contributed by atoms with Crippen LogP contribution in [0.15, 0.2) is 51.7 Å². The van der Waals surface area contributed by atoms with Crippen LogP contribution >= 0.6 is 11.6 Å². The number of benzene rings is 2. The Balaban J connectivity index is 1.47. The zero-order valence-corrected chi connectivity index (χ0v) is 18.9. The minimum Gasteiger partial charge on any atom is -0.445 e. The Morgan fingerprint density at radius 1 is 1.12 bits per heavy atom. The van der Waals surface area contributed by atoms with E-state index >= 15 is 0 Å². The van der Waals surface area contributed by atoms with Crippen molar-refractivity contribution in [3.8, 4) is 5.75 Å². The molecule has 0 aliphatic heterocycles. The van der Waals surface area contributed by atoms with Crippen LogP contribution in [0.2, 0.25) is 5.02 Å². The first-order valence-corrected chi connectivity index (χ1v) is 11.3. The number of fused-ring (bicyclic) bond motifs is 3. The van der Waals surface area contributed by atoms with Crippen LogP contribution in [0.5, 0.6) is 5.75 Å². The molecule has 8 heteroatoms. The summed E-state index contributed by atoms with van der Waals surface area (Å²) in [6.45, 7) is 1.81. The van der Waals surface area contributed by atoms with Crippen LogP contribution < -0.4 is 15.7 Å². The molecule has 1 aromatic heterocycles. The van der Waals surface area contributed by atoms with E-state index in [1.54, 1.807) is 13.0 Å². The van der Waals surface area contributed by atoms with Crippen LogP contribution in [0.3, 0.4) is 0 Å². The second kappa shape index (κ2) is 10.1. The van der Waals surface area contributed by atoms with Gasteiger partial charge in [-0.15, -0.1) is 0 Å². The molecule has 1 amide bonds. The maximum absolute atomic E-state index is 12.7. The van der Waals surface area contributed by atoms with Crippen LogP contribution in [0, 0.1) is 0 Å². The van der Waals surface area contributed by atoms with Crippen molar-refractivity contribution in [3.05, 3.63) is 74.6 Å². The lowest BCUT2D eigenvalue weighted by Gasteiger charge is -2.18. The molecule has 1 N–H and O–H groups in total. The summed E-state index contributed by atoms with van der Waals surface area (Å²) in [6, 6.07) is 11.4. The number of carbonyl (C=O) groups excluding carboxylic acids is 2. The van der Waals surface area contributed by atoms with Crippen molar-refractivity contribution in [1.29, 1.82) is 0 Å². The summed E-state index contributed by atoms with van der Waals surface area (Å²) >= 11 is 6.39. The summed E-state index contributed by atoms with van der Waals surface area (Å²) in [7, 11) is 0. The Bertz CT molecular complexity index is 1240. The largest absolute Gasteiger partial charge is 0.445 e. The molecule has 0 fully saturated rings. The molecule has 0 radical (unpaired) electrons. The highest BCUT2D eigenvalue weighted by molar-refractivity contribution is 6.33. The Morgan fingerprint density at radius 3 is 2.58 bits per heavy atom. The van der Waals surface area contributed by atoms with Gasteiger partial charge in [0, 0.05) is 17.0 Å². The van der Waals surface area contributed by atoms with Gasteiger partial charge in [-0.25, -0.2) is 14.4 Å². The zero-order valence-electron chi connectivity index (χ0n) is 18.2. The molecule has 0 spiro atoms. The van der Waals surface area contributed by atoms with E-state index in [0.29, 0.717) is 17.6 Å². The number of hydrogen-bond acceptors (Lipinski definition) is 6. The quantitative estimate of drug-likeness (QED) is 0.312. The molecular formula is C25H24ClNO6. The van der Waals surface area contributed by atoms with E-state index in [9.17, 15) is 14.4 Å². The highest BCUT2D eigenvalue weighted by Gasteiger charge is 2.24. The number of halogens is 1. The Kier molecular flexibility index (Phi) is 6.99. The molecule has 4 rings (SSSR count). The predicted molar refractivity (Wildman–Crippen MR) is 124 cm³/mol. The van der Waals surface area contributed by atoms with Gasteiger partial charge in [0.15, 0.2) is 5.75 Å². The van der Waals surface area contributed by atoms with Crippen molar-refractivity contribution in [2.24, 2.45) is 0 Å². The summed E-state index contributed by atoms with van der Waals surface area (Å²) in [5.41, 5.74) is 2.41. The number of rotatable bonds is 6. The van der Waals surface area contributed by atoms with E-state index in [0.717, 1.165) is 35.8 Å². The third kappa shape index (κ3) is 5.20.